The highest BCUT2D eigenvalue weighted by atomic mass is 16.5. The molecule has 21 heavy (non-hydrogen) atoms. The molecule has 0 radical (unpaired) electrons. The predicted octanol–water partition coefficient (Wildman–Crippen LogP) is 5.84. The van der Waals surface area contributed by atoms with Crippen molar-refractivity contribution in [3.8, 4) is 0 Å². The number of hydrogen-bond acceptors (Lipinski definition) is 2. The van der Waals surface area contributed by atoms with Gasteiger partial charge in [0, 0.05) is 5.41 Å². The van der Waals surface area contributed by atoms with Crippen molar-refractivity contribution in [1.29, 1.82) is 0 Å². The third-order valence-electron chi connectivity index (χ3n) is 5.70. The maximum absolute atomic E-state index is 10.6. The Labute approximate surface area is 133 Å². The number of rotatable bonds is 2. The van der Waals surface area contributed by atoms with Gasteiger partial charge in [0.1, 0.15) is 6.10 Å². The van der Waals surface area contributed by atoms with Gasteiger partial charge in [0.15, 0.2) is 0 Å². The first kappa shape index (κ1) is 20.5. The molecule has 2 rings (SSSR count). The Morgan fingerprint density at radius 1 is 1.10 bits per heavy atom. The van der Waals surface area contributed by atoms with Crippen molar-refractivity contribution in [3.05, 3.63) is 0 Å². The van der Waals surface area contributed by atoms with Gasteiger partial charge >= 0.3 is 0 Å². The topological polar surface area (TPSA) is 26.3 Å². The van der Waals surface area contributed by atoms with Gasteiger partial charge in [0.05, 0.1) is 0 Å². The van der Waals surface area contributed by atoms with Crippen LogP contribution in [0.3, 0.4) is 0 Å². The number of carbonyl (C=O) groups is 1. The highest BCUT2D eigenvalue weighted by molar-refractivity contribution is 5.38. The molecule has 2 heteroatoms. The summed E-state index contributed by atoms with van der Waals surface area (Å²) in [6.07, 6.45) is 6.24. The molecule has 2 saturated carbocycles. The van der Waals surface area contributed by atoms with Crippen molar-refractivity contribution >= 4 is 6.47 Å². The average Bonchev–Trinajstić information content (AvgIpc) is 2.74. The zero-order valence-electron chi connectivity index (χ0n) is 15.7. The second-order valence-electron chi connectivity index (χ2n) is 7.32. The number of hydrogen-bond donors (Lipinski definition) is 0. The first-order chi connectivity index (χ1) is 9.84. The van der Waals surface area contributed by atoms with E-state index in [2.05, 4.69) is 41.5 Å². The minimum Gasteiger partial charge on any atom is -0.464 e. The third-order valence-corrected chi connectivity index (χ3v) is 5.70. The smallest absolute Gasteiger partial charge is 0.293 e. The zero-order valence-corrected chi connectivity index (χ0v) is 15.7. The quantitative estimate of drug-likeness (QED) is 0.598. The van der Waals surface area contributed by atoms with E-state index in [0.29, 0.717) is 17.8 Å². The van der Waals surface area contributed by atoms with Crippen molar-refractivity contribution in [3.63, 3.8) is 0 Å². The van der Waals surface area contributed by atoms with Crippen LogP contribution in [-0.2, 0) is 9.53 Å². The molecule has 0 bridgehead atoms. The van der Waals surface area contributed by atoms with Crippen LogP contribution in [0.4, 0.5) is 0 Å². The van der Waals surface area contributed by atoms with Crippen molar-refractivity contribution in [2.75, 3.05) is 0 Å². The van der Waals surface area contributed by atoms with Crippen LogP contribution in [0.15, 0.2) is 0 Å². The van der Waals surface area contributed by atoms with E-state index >= 15 is 0 Å². The van der Waals surface area contributed by atoms with Gasteiger partial charge in [0.2, 0.25) is 0 Å². The Morgan fingerprint density at radius 3 is 2.10 bits per heavy atom. The first-order valence-corrected chi connectivity index (χ1v) is 8.93. The molecule has 0 heterocycles. The van der Waals surface area contributed by atoms with Crippen LogP contribution in [0.5, 0.6) is 0 Å². The summed E-state index contributed by atoms with van der Waals surface area (Å²) in [7, 11) is 0. The molecular formula is C19H38O2. The minimum absolute atomic E-state index is 0.119. The van der Waals surface area contributed by atoms with E-state index in [0.717, 1.165) is 12.3 Å². The fraction of sp³-hybridized carbons (Fsp3) is 0.947. The number of fused-ring (bicyclic) bond motifs is 1. The van der Waals surface area contributed by atoms with Gasteiger partial charge in [0.25, 0.3) is 6.47 Å². The van der Waals surface area contributed by atoms with Gasteiger partial charge in [-0.1, -0.05) is 61.8 Å². The lowest BCUT2D eigenvalue weighted by atomic mass is 9.55. The monoisotopic (exact) mass is 298 g/mol. The van der Waals surface area contributed by atoms with E-state index in [1.54, 1.807) is 0 Å². The van der Waals surface area contributed by atoms with Gasteiger partial charge in [-0.3, -0.25) is 4.79 Å². The Kier molecular flexibility index (Phi) is 8.58. The molecule has 0 aliphatic heterocycles. The molecule has 0 aromatic rings. The van der Waals surface area contributed by atoms with Crippen molar-refractivity contribution in [2.45, 2.75) is 93.6 Å². The largest absolute Gasteiger partial charge is 0.464 e. The lowest BCUT2D eigenvalue weighted by Gasteiger charge is -2.52. The van der Waals surface area contributed by atoms with Crippen molar-refractivity contribution in [2.24, 2.45) is 22.7 Å². The lowest BCUT2D eigenvalue weighted by Crippen LogP contribution is -2.49. The third kappa shape index (κ3) is 4.23. The summed E-state index contributed by atoms with van der Waals surface area (Å²) < 4.78 is 5.31. The van der Waals surface area contributed by atoms with Gasteiger partial charge in [-0.05, 0) is 42.9 Å². The molecule has 4 atom stereocenters. The standard InChI is InChI=1S/C14H24O2.C3H8.C2H6/c1-10-5-6-11-13(2,3)12(16-9-15)7-8-14(10,11)4;1-3-2;1-2/h9-12H,5-8H2,1-4H3;3H2,1-2H3;1-2H3/t10-,11?,12-,14-;;/m1../s1. The molecule has 2 fully saturated rings. The average molecular weight is 299 g/mol. The van der Waals surface area contributed by atoms with Crippen molar-refractivity contribution < 1.29 is 9.53 Å². The second-order valence-corrected chi connectivity index (χ2v) is 7.32. The van der Waals surface area contributed by atoms with Crippen LogP contribution < -0.4 is 0 Å². The summed E-state index contributed by atoms with van der Waals surface area (Å²) in [6.45, 7) is 18.3. The van der Waals surface area contributed by atoms with E-state index < -0.39 is 0 Å². The van der Waals surface area contributed by atoms with Gasteiger partial charge < -0.3 is 4.74 Å². The predicted molar refractivity (Wildman–Crippen MR) is 91.3 cm³/mol. The number of ether oxygens (including phenoxy) is 1. The molecular weight excluding hydrogens is 260 g/mol. The molecule has 126 valence electrons. The summed E-state index contributed by atoms with van der Waals surface area (Å²) in [5.41, 5.74) is 0.602. The van der Waals surface area contributed by atoms with Gasteiger partial charge in [-0.15, -0.1) is 0 Å². The maximum atomic E-state index is 10.6. The first-order valence-electron chi connectivity index (χ1n) is 8.93. The van der Waals surface area contributed by atoms with Gasteiger partial charge in [-0.2, -0.15) is 0 Å². The van der Waals surface area contributed by atoms with E-state index in [1.807, 2.05) is 13.8 Å². The number of carbonyl (C=O) groups excluding carboxylic acids is 1. The van der Waals surface area contributed by atoms with Gasteiger partial charge in [-0.25, -0.2) is 0 Å². The summed E-state index contributed by atoms with van der Waals surface area (Å²) in [5.74, 6) is 1.52. The van der Waals surface area contributed by atoms with Crippen LogP contribution in [0, 0.1) is 22.7 Å². The van der Waals surface area contributed by atoms with Crippen molar-refractivity contribution in [1.82, 2.24) is 0 Å². The lowest BCUT2D eigenvalue weighted by molar-refractivity contribution is -0.154. The molecule has 0 amide bonds. The highest BCUT2D eigenvalue weighted by Crippen LogP contribution is 2.61. The zero-order chi connectivity index (χ0) is 16.7. The summed E-state index contributed by atoms with van der Waals surface area (Å²) in [4.78, 5) is 10.6. The molecule has 0 aromatic carbocycles. The summed E-state index contributed by atoms with van der Waals surface area (Å²) in [5, 5.41) is 0. The second kappa shape index (κ2) is 8.80. The van der Waals surface area contributed by atoms with E-state index in [1.165, 1.54) is 25.7 Å². The maximum Gasteiger partial charge on any atom is 0.293 e. The van der Waals surface area contributed by atoms with Crippen LogP contribution in [0.2, 0.25) is 0 Å². The molecule has 0 saturated heterocycles. The molecule has 2 aliphatic carbocycles. The molecule has 0 spiro atoms. The molecule has 2 aliphatic rings. The summed E-state index contributed by atoms with van der Waals surface area (Å²) in [6, 6.07) is 0. The van der Waals surface area contributed by atoms with Crippen LogP contribution >= 0.6 is 0 Å². The Balaban J connectivity index is 0.000000713. The summed E-state index contributed by atoms with van der Waals surface area (Å²) >= 11 is 0. The molecule has 0 N–H and O–H groups in total. The van der Waals surface area contributed by atoms with E-state index in [9.17, 15) is 4.79 Å². The Morgan fingerprint density at radius 2 is 1.62 bits per heavy atom. The minimum atomic E-state index is 0.119. The normalized spacial score (nSPS) is 36.3. The Bertz CT molecular complexity index is 298. The SMILES string of the molecule is CC.CCC.C[C@@H]1CCC2C(C)(C)[C@H](OC=O)CC[C@@]21C. The van der Waals surface area contributed by atoms with Crippen LogP contribution in [0.1, 0.15) is 87.5 Å². The Hall–Kier alpha value is -0.530. The fourth-order valence-electron chi connectivity index (χ4n) is 4.41. The fourth-order valence-corrected chi connectivity index (χ4v) is 4.41. The molecule has 2 nitrogen and oxygen atoms in total. The van der Waals surface area contributed by atoms with E-state index in [4.69, 9.17) is 4.74 Å². The van der Waals surface area contributed by atoms with Crippen LogP contribution in [-0.4, -0.2) is 12.6 Å². The van der Waals surface area contributed by atoms with Crippen LogP contribution in [0.25, 0.3) is 0 Å². The van der Waals surface area contributed by atoms with E-state index in [-0.39, 0.29) is 11.5 Å². The molecule has 0 aromatic heterocycles. The highest BCUT2D eigenvalue weighted by Gasteiger charge is 2.56. The molecule has 1 unspecified atom stereocenters.